The lowest BCUT2D eigenvalue weighted by Gasteiger charge is -2.32. The van der Waals surface area contributed by atoms with Crippen LogP contribution in [-0.4, -0.2) is 74.3 Å². The Labute approximate surface area is 200 Å². The standard InChI is InChI=1S/C24H34N6O2S/c1-24(10-11-25-2)14-30(18-7-5-4-6-17(18)24)20-19-22(27-15-26-20)33-23(29(19)3)21(31)28-16-8-12-32-13-9-16/h4-7,16,23,25-26H,8-15H2,1-3H3,(H,28,31). The predicted octanol–water partition coefficient (Wildman–Crippen LogP) is 1.80. The van der Waals surface area contributed by atoms with E-state index in [-0.39, 0.29) is 22.7 Å². The van der Waals surface area contributed by atoms with Gasteiger partial charge in [0.05, 0.1) is 0 Å². The van der Waals surface area contributed by atoms with Gasteiger partial charge in [-0.3, -0.25) is 9.79 Å². The van der Waals surface area contributed by atoms with E-state index in [1.165, 1.54) is 11.3 Å². The fraction of sp³-hybridized carbons (Fsp3) is 0.583. The number of nitrogens with zero attached hydrogens (tertiary/aromatic N) is 3. The number of amides is 1. The second-order valence-electron chi connectivity index (χ2n) is 9.49. The lowest BCUT2D eigenvalue weighted by molar-refractivity contribution is -0.123. The number of para-hydroxylation sites is 1. The number of hydrogen-bond donors (Lipinski definition) is 3. The summed E-state index contributed by atoms with van der Waals surface area (Å²) in [6.45, 7) is 6.16. The highest BCUT2D eigenvalue weighted by Gasteiger charge is 2.45. The van der Waals surface area contributed by atoms with Gasteiger partial charge < -0.3 is 30.5 Å². The van der Waals surface area contributed by atoms with E-state index in [1.807, 2.05) is 14.1 Å². The number of benzene rings is 1. The van der Waals surface area contributed by atoms with Crippen molar-refractivity contribution in [2.75, 3.05) is 52.0 Å². The molecule has 0 radical (unpaired) electrons. The summed E-state index contributed by atoms with van der Waals surface area (Å²) in [6.07, 6.45) is 2.80. The van der Waals surface area contributed by atoms with Gasteiger partial charge in [0.15, 0.2) is 5.37 Å². The maximum Gasteiger partial charge on any atom is 0.253 e. The minimum atomic E-state index is -0.315. The average Bonchev–Trinajstić information content (AvgIpc) is 3.34. The van der Waals surface area contributed by atoms with Crippen molar-refractivity contribution >= 4 is 28.4 Å². The maximum atomic E-state index is 13.2. The number of anilines is 1. The Balaban J connectivity index is 1.43. The molecule has 9 heteroatoms. The fourth-order valence-corrected chi connectivity index (χ4v) is 6.42. The minimum Gasteiger partial charge on any atom is -0.381 e. The third kappa shape index (κ3) is 4.11. The highest BCUT2D eigenvalue weighted by molar-refractivity contribution is 8.15. The number of aliphatic imine (C=N–C) groups is 1. The Morgan fingerprint density at radius 1 is 1.33 bits per heavy atom. The molecule has 0 saturated carbocycles. The third-order valence-corrected chi connectivity index (χ3v) is 8.46. The summed E-state index contributed by atoms with van der Waals surface area (Å²) in [5, 5.41) is 10.7. The molecule has 0 aromatic heterocycles. The molecular weight excluding hydrogens is 436 g/mol. The van der Waals surface area contributed by atoms with Gasteiger partial charge in [0.25, 0.3) is 5.91 Å². The molecule has 2 fully saturated rings. The maximum absolute atomic E-state index is 13.2. The number of rotatable bonds is 6. The molecule has 2 saturated heterocycles. The van der Waals surface area contributed by atoms with E-state index < -0.39 is 0 Å². The largest absolute Gasteiger partial charge is 0.381 e. The molecule has 1 amide bonds. The van der Waals surface area contributed by atoms with Crippen LogP contribution in [0.15, 0.2) is 40.8 Å². The molecule has 4 heterocycles. The van der Waals surface area contributed by atoms with Crippen LogP contribution in [-0.2, 0) is 14.9 Å². The second kappa shape index (κ2) is 9.19. The van der Waals surface area contributed by atoms with Crippen molar-refractivity contribution in [1.82, 2.24) is 20.9 Å². The van der Waals surface area contributed by atoms with E-state index >= 15 is 0 Å². The highest BCUT2D eigenvalue weighted by Crippen LogP contribution is 2.46. The molecule has 0 spiro atoms. The zero-order valence-corrected chi connectivity index (χ0v) is 20.5. The molecular formula is C24H34N6O2S. The first-order valence-electron chi connectivity index (χ1n) is 11.8. The number of carbonyl (C=O) groups excluding carboxylic acids is 1. The highest BCUT2D eigenvalue weighted by atomic mass is 32.2. The molecule has 1 aromatic rings. The summed E-state index contributed by atoms with van der Waals surface area (Å²) in [5.74, 6) is 1.11. The molecule has 178 valence electrons. The quantitative estimate of drug-likeness (QED) is 0.585. The minimum absolute atomic E-state index is 0.0493. The van der Waals surface area contributed by atoms with Crippen molar-refractivity contribution in [3.05, 3.63) is 41.3 Å². The molecule has 3 N–H and O–H groups in total. The fourth-order valence-electron chi connectivity index (χ4n) is 5.28. The van der Waals surface area contributed by atoms with Gasteiger partial charge in [0.2, 0.25) is 0 Å². The summed E-state index contributed by atoms with van der Waals surface area (Å²) < 4.78 is 5.43. The van der Waals surface area contributed by atoms with E-state index in [2.05, 4.69) is 56.9 Å². The second-order valence-corrected chi connectivity index (χ2v) is 10.6. The summed E-state index contributed by atoms with van der Waals surface area (Å²) in [7, 11) is 4.02. The molecule has 1 aromatic carbocycles. The first kappa shape index (κ1) is 22.6. The Kier molecular flexibility index (Phi) is 6.28. The molecule has 33 heavy (non-hydrogen) atoms. The smallest absolute Gasteiger partial charge is 0.253 e. The van der Waals surface area contributed by atoms with Gasteiger partial charge in [0.1, 0.15) is 23.2 Å². The SMILES string of the molecule is CNCCC1(C)CN(C2=C3C(=NCN2)SC(C(=O)NC2CCOCC2)N3C)c2ccccc21. The zero-order chi connectivity index (χ0) is 23.0. The van der Waals surface area contributed by atoms with E-state index in [9.17, 15) is 4.79 Å². The Morgan fingerprint density at radius 3 is 2.91 bits per heavy atom. The Bertz CT molecular complexity index is 975. The van der Waals surface area contributed by atoms with Gasteiger partial charge in [-0.15, -0.1) is 0 Å². The zero-order valence-electron chi connectivity index (χ0n) is 19.7. The monoisotopic (exact) mass is 470 g/mol. The van der Waals surface area contributed by atoms with Gasteiger partial charge in [-0.1, -0.05) is 36.9 Å². The lowest BCUT2D eigenvalue weighted by Crippen LogP contribution is -2.47. The normalized spacial score (nSPS) is 27.2. The van der Waals surface area contributed by atoms with Crippen LogP contribution in [0.25, 0.3) is 0 Å². The number of likely N-dealkylation sites (N-methyl/N-ethyl adjacent to an activating group) is 1. The lowest BCUT2D eigenvalue weighted by atomic mass is 9.81. The van der Waals surface area contributed by atoms with Crippen LogP contribution >= 0.6 is 11.8 Å². The molecule has 5 rings (SSSR count). The van der Waals surface area contributed by atoms with Crippen molar-refractivity contribution in [1.29, 1.82) is 0 Å². The van der Waals surface area contributed by atoms with Crippen LogP contribution in [0.4, 0.5) is 5.69 Å². The van der Waals surface area contributed by atoms with Crippen molar-refractivity contribution < 1.29 is 9.53 Å². The molecule has 2 unspecified atom stereocenters. The third-order valence-electron chi connectivity index (χ3n) is 7.16. The molecule has 8 nitrogen and oxygen atoms in total. The Hall–Kier alpha value is -2.23. The van der Waals surface area contributed by atoms with Gasteiger partial charge in [-0.2, -0.15) is 0 Å². The van der Waals surface area contributed by atoms with Crippen LogP contribution in [0, 0.1) is 0 Å². The summed E-state index contributed by atoms with van der Waals surface area (Å²) in [6, 6.07) is 8.89. The van der Waals surface area contributed by atoms with Crippen molar-refractivity contribution in [3.8, 4) is 0 Å². The van der Waals surface area contributed by atoms with Crippen LogP contribution in [0.2, 0.25) is 0 Å². The van der Waals surface area contributed by atoms with Crippen LogP contribution in [0.5, 0.6) is 0 Å². The van der Waals surface area contributed by atoms with Crippen LogP contribution < -0.4 is 20.9 Å². The number of thioether (sulfide) groups is 1. The average molecular weight is 471 g/mol. The van der Waals surface area contributed by atoms with Gasteiger partial charge in [-0.05, 0) is 44.5 Å². The molecule has 2 atom stereocenters. The summed E-state index contributed by atoms with van der Waals surface area (Å²) >= 11 is 1.56. The predicted molar refractivity (Wildman–Crippen MR) is 133 cm³/mol. The van der Waals surface area contributed by atoms with E-state index in [4.69, 9.17) is 9.73 Å². The van der Waals surface area contributed by atoms with Crippen molar-refractivity contribution in [2.45, 2.75) is 43.0 Å². The molecule has 4 aliphatic heterocycles. The van der Waals surface area contributed by atoms with Crippen molar-refractivity contribution in [3.63, 3.8) is 0 Å². The Morgan fingerprint density at radius 2 is 2.12 bits per heavy atom. The van der Waals surface area contributed by atoms with Crippen molar-refractivity contribution in [2.24, 2.45) is 4.99 Å². The molecule has 4 aliphatic rings. The first-order chi connectivity index (χ1) is 16.0. The van der Waals surface area contributed by atoms with E-state index in [1.54, 1.807) is 11.8 Å². The molecule has 0 aliphatic carbocycles. The van der Waals surface area contributed by atoms with Gasteiger partial charge in [-0.25, -0.2) is 0 Å². The molecule has 0 bridgehead atoms. The topological polar surface area (TPSA) is 81.2 Å². The summed E-state index contributed by atoms with van der Waals surface area (Å²) in [5.41, 5.74) is 3.68. The number of fused-ring (bicyclic) bond motifs is 2. The van der Waals surface area contributed by atoms with Crippen LogP contribution in [0.3, 0.4) is 0 Å². The van der Waals surface area contributed by atoms with E-state index in [0.29, 0.717) is 19.9 Å². The van der Waals surface area contributed by atoms with E-state index in [0.717, 1.165) is 48.9 Å². The number of carbonyl (C=O) groups is 1. The number of ether oxygens (including phenoxy) is 1. The van der Waals surface area contributed by atoms with Crippen LogP contribution in [0.1, 0.15) is 31.7 Å². The number of hydrogen-bond acceptors (Lipinski definition) is 8. The summed E-state index contributed by atoms with van der Waals surface area (Å²) in [4.78, 5) is 22.4. The van der Waals surface area contributed by atoms with Gasteiger partial charge >= 0.3 is 0 Å². The first-order valence-corrected chi connectivity index (χ1v) is 12.7. The van der Waals surface area contributed by atoms with Gasteiger partial charge in [0, 0.05) is 44.0 Å². The number of nitrogens with one attached hydrogen (secondary N) is 3.